The average Bonchev–Trinajstić information content (AvgIpc) is 3.26. The van der Waals surface area contributed by atoms with Gasteiger partial charge in [-0.05, 0) is 48.6 Å². The van der Waals surface area contributed by atoms with E-state index in [-0.39, 0.29) is 17.8 Å². The summed E-state index contributed by atoms with van der Waals surface area (Å²) < 4.78 is 40.8. The van der Waals surface area contributed by atoms with Gasteiger partial charge in [0.05, 0.1) is 20.3 Å². The van der Waals surface area contributed by atoms with Crippen molar-refractivity contribution in [1.29, 1.82) is 0 Å². The first-order valence-corrected chi connectivity index (χ1v) is 12.3. The highest BCUT2D eigenvalue weighted by Gasteiger charge is 2.26. The fourth-order valence-electron chi connectivity index (χ4n) is 3.98. The van der Waals surface area contributed by atoms with Crippen molar-refractivity contribution in [3.05, 3.63) is 59.5 Å². The molecule has 1 amide bonds. The van der Waals surface area contributed by atoms with Gasteiger partial charge < -0.3 is 19.3 Å². The van der Waals surface area contributed by atoms with Gasteiger partial charge in [-0.3, -0.25) is 4.79 Å². The number of hydrogen-bond donors (Lipinski definition) is 1. The van der Waals surface area contributed by atoms with Crippen LogP contribution < -0.4 is 14.8 Å². The van der Waals surface area contributed by atoms with E-state index in [4.69, 9.17) is 14.0 Å². The standard InChI is InChI=1S/C23H25N3O6S/c1-30-19-11-10-16(12-20(19)31-2)23-25-22(32-26-23)14-33(28,29)13-21(27)24-18-9-5-7-15-6-3-4-8-17(15)18/h3-4,6,8,10-12,18H,5,7,9,13-14H2,1-2H3,(H,24,27). The Labute approximate surface area is 192 Å². The minimum Gasteiger partial charge on any atom is -0.493 e. The fourth-order valence-corrected chi connectivity index (χ4v) is 5.06. The summed E-state index contributed by atoms with van der Waals surface area (Å²) in [6.07, 6.45) is 2.68. The summed E-state index contributed by atoms with van der Waals surface area (Å²) >= 11 is 0. The van der Waals surface area contributed by atoms with E-state index in [1.807, 2.05) is 24.3 Å². The van der Waals surface area contributed by atoms with Crippen molar-refractivity contribution in [3.8, 4) is 22.9 Å². The Hall–Kier alpha value is -3.40. The third-order valence-electron chi connectivity index (χ3n) is 5.51. The second-order valence-electron chi connectivity index (χ2n) is 7.82. The minimum absolute atomic E-state index is 0.0874. The second kappa shape index (κ2) is 9.62. The molecule has 2 aromatic carbocycles. The molecule has 1 aliphatic rings. The van der Waals surface area contributed by atoms with Crippen LogP contribution in [0.5, 0.6) is 11.5 Å². The van der Waals surface area contributed by atoms with Gasteiger partial charge in [0.25, 0.3) is 0 Å². The highest BCUT2D eigenvalue weighted by Crippen LogP contribution is 2.31. The van der Waals surface area contributed by atoms with Gasteiger partial charge in [0.15, 0.2) is 21.3 Å². The van der Waals surface area contributed by atoms with Crippen LogP contribution in [0.2, 0.25) is 0 Å². The molecular formula is C23H25N3O6S. The molecule has 0 fully saturated rings. The molecule has 33 heavy (non-hydrogen) atoms. The number of fused-ring (bicyclic) bond motifs is 1. The Morgan fingerprint density at radius 1 is 1.15 bits per heavy atom. The maximum atomic E-state index is 12.6. The maximum absolute atomic E-state index is 12.6. The molecule has 1 aromatic heterocycles. The predicted octanol–water partition coefficient (Wildman–Crippen LogP) is 2.86. The van der Waals surface area contributed by atoms with Gasteiger partial charge in [0.1, 0.15) is 11.5 Å². The number of carbonyl (C=O) groups excluding carboxylic acids is 1. The van der Waals surface area contributed by atoms with Crippen LogP contribution in [-0.4, -0.2) is 44.4 Å². The van der Waals surface area contributed by atoms with Crippen molar-refractivity contribution in [2.24, 2.45) is 0 Å². The van der Waals surface area contributed by atoms with Gasteiger partial charge >= 0.3 is 0 Å². The lowest BCUT2D eigenvalue weighted by atomic mass is 9.88. The summed E-state index contributed by atoms with van der Waals surface area (Å²) in [6, 6.07) is 12.8. The third-order valence-corrected chi connectivity index (χ3v) is 6.90. The molecule has 0 spiro atoms. The summed E-state index contributed by atoms with van der Waals surface area (Å²) in [4.78, 5) is 16.7. The van der Waals surface area contributed by atoms with E-state index in [2.05, 4.69) is 15.5 Å². The van der Waals surface area contributed by atoms with Gasteiger partial charge in [-0.25, -0.2) is 8.42 Å². The lowest BCUT2D eigenvalue weighted by Gasteiger charge is -2.26. The quantitative estimate of drug-likeness (QED) is 0.532. The van der Waals surface area contributed by atoms with Crippen molar-refractivity contribution >= 4 is 15.7 Å². The lowest BCUT2D eigenvalue weighted by Crippen LogP contribution is -2.35. The first kappa shape index (κ1) is 22.8. The van der Waals surface area contributed by atoms with Crippen molar-refractivity contribution in [1.82, 2.24) is 15.5 Å². The van der Waals surface area contributed by atoms with Crippen LogP contribution in [0.4, 0.5) is 0 Å². The molecule has 0 bridgehead atoms. The number of rotatable bonds is 8. The highest BCUT2D eigenvalue weighted by atomic mass is 32.2. The van der Waals surface area contributed by atoms with Crippen molar-refractivity contribution in [2.75, 3.05) is 20.0 Å². The van der Waals surface area contributed by atoms with Crippen molar-refractivity contribution in [2.45, 2.75) is 31.1 Å². The molecule has 174 valence electrons. The van der Waals surface area contributed by atoms with E-state index in [9.17, 15) is 13.2 Å². The van der Waals surface area contributed by atoms with Gasteiger partial charge in [0.2, 0.25) is 17.6 Å². The Kier molecular flexibility index (Phi) is 6.64. The molecule has 0 saturated carbocycles. The molecule has 1 unspecified atom stereocenters. The Morgan fingerprint density at radius 3 is 2.73 bits per heavy atom. The first-order valence-electron chi connectivity index (χ1n) is 10.5. The van der Waals surface area contributed by atoms with E-state index in [0.29, 0.717) is 17.1 Å². The summed E-state index contributed by atoms with van der Waals surface area (Å²) in [5.41, 5.74) is 2.81. The first-order chi connectivity index (χ1) is 15.9. The zero-order valence-corrected chi connectivity index (χ0v) is 19.2. The number of amides is 1. The van der Waals surface area contributed by atoms with Crippen molar-refractivity contribution in [3.63, 3.8) is 0 Å². The second-order valence-corrected chi connectivity index (χ2v) is 9.89. The molecule has 3 aromatic rings. The van der Waals surface area contributed by atoms with Crippen LogP contribution >= 0.6 is 0 Å². The number of nitrogens with zero attached hydrogens (tertiary/aromatic N) is 2. The lowest BCUT2D eigenvalue weighted by molar-refractivity contribution is -0.119. The van der Waals surface area contributed by atoms with Crippen LogP contribution in [0.1, 0.15) is 35.9 Å². The molecule has 0 aliphatic heterocycles. The Balaban J connectivity index is 1.41. The molecule has 0 radical (unpaired) electrons. The molecule has 0 saturated heterocycles. The van der Waals surface area contributed by atoms with E-state index in [0.717, 1.165) is 24.8 Å². The number of aromatic nitrogens is 2. The summed E-state index contributed by atoms with van der Waals surface area (Å²) in [7, 11) is -0.775. The van der Waals surface area contributed by atoms with E-state index >= 15 is 0 Å². The Bertz CT molecular complexity index is 1250. The zero-order valence-electron chi connectivity index (χ0n) is 18.4. The topological polar surface area (TPSA) is 121 Å². The predicted molar refractivity (Wildman–Crippen MR) is 121 cm³/mol. The number of hydrogen-bond acceptors (Lipinski definition) is 8. The van der Waals surface area contributed by atoms with Gasteiger partial charge in [0, 0.05) is 5.56 Å². The number of nitrogens with one attached hydrogen (secondary N) is 1. The third kappa shape index (κ3) is 5.33. The molecule has 10 heteroatoms. The SMILES string of the molecule is COc1ccc(-c2noc(CS(=O)(=O)CC(=O)NC3CCCc4ccccc43)n2)cc1OC. The molecule has 1 aliphatic carbocycles. The molecule has 4 rings (SSSR count). The molecule has 1 heterocycles. The van der Waals surface area contributed by atoms with Crippen LogP contribution in [0, 0.1) is 0 Å². The Morgan fingerprint density at radius 2 is 1.94 bits per heavy atom. The molecule has 1 atom stereocenters. The van der Waals surface area contributed by atoms with Crippen LogP contribution in [0.25, 0.3) is 11.4 Å². The molecule has 9 nitrogen and oxygen atoms in total. The maximum Gasteiger partial charge on any atom is 0.242 e. The number of benzene rings is 2. The normalized spacial score (nSPS) is 15.5. The van der Waals surface area contributed by atoms with Crippen molar-refractivity contribution < 1.29 is 27.2 Å². The van der Waals surface area contributed by atoms with E-state index in [1.165, 1.54) is 19.8 Å². The number of sulfone groups is 1. The van der Waals surface area contributed by atoms with E-state index < -0.39 is 27.3 Å². The number of ether oxygens (including phenoxy) is 2. The van der Waals surface area contributed by atoms with Gasteiger partial charge in [-0.2, -0.15) is 4.98 Å². The summed E-state index contributed by atoms with van der Waals surface area (Å²) in [6.45, 7) is 0. The summed E-state index contributed by atoms with van der Waals surface area (Å²) in [5, 5.41) is 6.71. The number of carbonyl (C=O) groups is 1. The summed E-state index contributed by atoms with van der Waals surface area (Å²) in [5.74, 6) is -0.577. The van der Waals surface area contributed by atoms with E-state index in [1.54, 1.807) is 18.2 Å². The minimum atomic E-state index is -3.81. The zero-order chi connectivity index (χ0) is 23.4. The van der Waals surface area contributed by atoms with Gasteiger partial charge in [-0.15, -0.1) is 0 Å². The van der Waals surface area contributed by atoms with Gasteiger partial charge in [-0.1, -0.05) is 29.4 Å². The highest BCUT2D eigenvalue weighted by molar-refractivity contribution is 7.91. The number of methoxy groups -OCH3 is 2. The molecule has 1 N–H and O–H groups in total. The number of aryl methyl sites for hydroxylation is 1. The smallest absolute Gasteiger partial charge is 0.242 e. The van der Waals surface area contributed by atoms with Crippen LogP contribution in [-0.2, 0) is 26.8 Å². The van der Waals surface area contributed by atoms with Crippen LogP contribution in [0.15, 0.2) is 47.0 Å². The monoisotopic (exact) mass is 471 g/mol. The molecular weight excluding hydrogens is 446 g/mol. The average molecular weight is 472 g/mol. The largest absolute Gasteiger partial charge is 0.493 e. The van der Waals surface area contributed by atoms with Crippen LogP contribution in [0.3, 0.4) is 0 Å². The fraction of sp³-hybridized carbons (Fsp3) is 0.348.